The molecule has 2 amide bonds. The van der Waals surface area contributed by atoms with Crippen LogP contribution in [0.25, 0.3) is 0 Å². The number of hydrogen-bond donors (Lipinski definition) is 2. The molecule has 0 spiro atoms. The normalized spacial score (nSPS) is 12.7. The van der Waals surface area contributed by atoms with Gasteiger partial charge in [-0.05, 0) is 22.7 Å². The van der Waals surface area contributed by atoms with Crippen LogP contribution in [-0.2, 0) is 16.0 Å². The van der Waals surface area contributed by atoms with Crippen molar-refractivity contribution in [3.63, 3.8) is 0 Å². The lowest BCUT2D eigenvalue weighted by Crippen LogP contribution is -2.45. The van der Waals surface area contributed by atoms with Crippen LogP contribution in [-0.4, -0.2) is 25.9 Å². The molecule has 1 aromatic carbocycles. The monoisotopic (exact) mass is 362 g/mol. The summed E-state index contributed by atoms with van der Waals surface area (Å²) in [6.07, 6.45) is 0.247. The van der Waals surface area contributed by atoms with Crippen molar-refractivity contribution in [3.8, 4) is 11.5 Å². The summed E-state index contributed by atoms with van der Waals surface area (Å²) in [6, 6.07) is 4.82. The van der Waals surface area contributed by atoms with E-state index in [1.165, 1.54) is 24.3 Å². The van der Waals surface area contributed by atoms with Gasteiger partial charge in [0.2, 0.25) is 11.8 Å². The number of benzene rings is 1. The Morgan fingerprint density at radius 3 is 2.28 bits per heavy atom. The third-order valence-corrected chi connectivity index (χ3v) is 9.09. The van der Waals surface area contributed by atoms with Crippen LogP contribution in [0.3, 0.4) is 0 Å². The van der Waals surface area contributed by atoms with Gasteiger partial charge in [-0.25, -0.2) is 4.39 Å². The second-order valence-electron chi connectivity index (χ2n) is 7.71. The molecule has 6 heteroatoms. The van der Waals surface area contributed by atoms with E-state index in [0.29, 0.717) is 5.56 Å². The molecular weight excluding hydrogens is 335 g/mol. The van der Waals surface area contributed by atoms with Crippen molar-refractivity contribution in [3.05, 3.63) is 35.6 Å². The topological polar surface area (TPSA) is 72.2 Å². The quantitative estimate of drug-likeness (QED) is 0.624. The Hall–Kier alpha value is -2.13. The Balaban J connectivity index is 2.71. The first-order valence-electron chi connectivity index (χ1n) is 8.25. The van der Waals surface area contributed by atoms with Crippen molar-refractivity contribution in [1.29, 1.82) is 0 Å². The minimum absolute atomic E-state index is 0.0553. The van der Waals surface area contributed by atoms with Crippen LogP contribution in [0.5, 0.6) is 0 Å². The summed E-state index contributed by atoms with van der Waals surface area (Å²) < 4.78 is 12.9. The molecule has 0 saturated heterocycles. The van der Waals surface area contributed by atoms with Crippen molar-refractivity contribution in [2.24, 2.45) is 5.73 Å². The molecule has 0 unspecified atom stereocenters. The first-order valence-corrected chi connectivity index (χ1v) is 11.3. The van der Waals surface area contributed by atoms with Gasteiger partial charge in [0.15, 0.2) is 0 Å². The molecule has 1 atom stereocenters. The predicted octanol–water partition coefficient (Wildman–Crippen LogP) is 2.78. The molecule has 0 aliphatic rings. The van der Waals surface area contributed by atoms with Crippen LogP contribution in [0, 0.1) is 17.3 Å². The van der Waals surface area contributed by atoms with Gasteiger partial charge in [0.1, 0.15) is 19.9 Å². The first kappa shape index (κ1) is 20.9. The van der Waals surface area contributed by atoms with Crippen molar-refractivity contribution in [2.75, 3.05) is 0 Å². The van der Waals surface area contributed by atoms with Gasteiger partial charge in [-0.1, -0.05) is 46.0 Å². The van der Waals surface area contributed by atoms with Crippen LogP contribution in [0.1, 0.15) is 32.8 Å². The fourth-order valence-electron chi connectivity index (χ4n) is 1.82. The third-order valence-electron chi connectivity index (χ3n) is 4.54. The van der Waals surface area contributed by atoms with Crippen LogP contribution in [0.2, 0.25) is 18.1 Å². The van der Waals surface area contributed by atoms with Gasteiger partial charge in [0, 0.05) is 6.42 Å². The number of rotatable bonds is 5. The molecule has 1 aromatic rings. The predicted molar refractivity (Wildman–Crippen MR) is 101 cm³/mol. The molecule has 0 aromatic heterocycles. The number of nitrogens with two attached hydrogens (primary N) is 1. The van der Waals surface area contributed by atoms with E-state index in [9.17, 15) is 14.0 Å². The molecule has 0 heterocycles. The van der Waals surface area contributed by atoms with E-state index < -0.39 is 20.0 Å². The Kier molecular flexibility index (Phi) is 6.94. The number of amides is 2. The number of hydrogen-bond acceptors (Lipinski definition) is 2. The lowest BCUT2D eigenvalue weighted by Gasteiger charge is -2.31. The van der Waals surface area contributed by atoms with Gasteiger partial charge in [0.05, 0.1) is 6.42 Å². The summed E-state index contributed by atoms with van der Waals surface area (Å²) in [6.45, 7) is 10.8. The Labute approximate surface area is 150 Å². The molecule has 136 valence electrons. The second-order valence-corrected chi connectivity index (χ2v) is 12.7. The molecule has 4 nitrogen and oxygen atoms in total. The molecule has 0 radical (unpaired) electrons. The maximum Gasteiger partial charge on any atom is 0.240 e. The Morgan fingerprint density at radius 2 is 1.80 bits per heavy atom. The second kappa shape index (κ2) is 8.30. The zero-order valence-electron chi connectivity index (χ0n) is 15.6. The highest BCUT2D eigenvalue weighted by Crippen LogP contribution is 2.35. The summed E-state index contributed by atoms with van der Waals surface area (Å²) >= 11 is 0. The Morgan fingerprint density at radius 1 is 1.24 bits per heavy atom. The number of carbonyl (C=O) groups is 2. The zero-order valence-corrected chi connectivity index (χ0v) is 16.6. The third kappa shape index (κ3) is 6.71. The zero-order chi connectivity index (χ0) is 19.3. The Bertz CT molecular complexity index is 682. The molecule has 3 N–H and O–H groups in total. The van der Waals surface area contributed by atoms with Crippen LogP contribution in [0.15, 0.2) is 24.3 Å². The van der Waals surface area contributed by atoms with E-state index in [-0.39, 0.29) is 29.6 Å². The van der Waals surface area contributed by atoms with E-state index in [1.54, 1.807) is 0 Å². The highest BCUT2D eigenvalue weighted by molar-refractivity contribution is 6.87. The maximum absolute atomic E-state index is 12.9. The van der Waals surface area contributed by atoms with Crippen molar-refractivity contribution in [2.45, 2.75) is 57.8 Å². The van der Waals surface area contributed by atoms with E-state index >= 15 is 0 Å². The standard InChI is InChI=1S/C19H27FN2O2Si/c1-19(2,3)25(4,5)12-6-7-16(18(21)24)22-17(23)13-14-8-10-15(20)11-9-14/h8-11,16H,7,13H2,1-5H3,(H2,21,24)(H,22,23)/t16-/m1/s1. The average Bonchev–Trinajstić information content (AvgIpc) is 2.47. The summed E-state index contributed by atoms with van der Waals surface area (Å²) in [5, 5.41) is 2.73. The van der Waals surface area contributed by atoms with Gasteiger partial charge >= 0.3 is 0 Å². The lowest BCUT2D eigenvalue weighted by atomic mass is 10.1. The van der Waals surface area contributed by atoms with Crippen molar-refractivity contribution >= 4 is 19.9 Å². The number of carbonyl (C=O) groups excluding carboxylic acids is 2. The molecule has 1 rings (SSSR count). The van der Waals surface area contributed by atoms with E-state index in [4.69, 9.17) is 5.73 Å². The van der Waals surface area contributed by atoms with Gasteiger partial charge in [-0.15, -0.1) is 11.5 Å². The highest BCUT2D eigenvalue weighted by atomic mass is 28.3. The maximum atomic E-state index is 12.9. The minimum atomic E-state index is -1.77. The summed E-state index contributed by atoms with van der Waals surface area (Å²) in [7, 11) is -1.77. The molecular formula is C19H27FN2O2Si. The molecule has 25 heavy (non-hydrogen) atoms. The van der Waals surface area contributed by atoms with Gasteiger partial charge < -0.3 is 11.1 Å². The SMILES string of the molecule is CC(C)(C)[Si](C)(C)C#CC[C@@H](NC(=O)Cc1ccc(F)cc1)C(N)=O. The smallest absolute Gasteiger partial charge is 0.240 e. The largest absolute Gasteiger partial charge is 0.368 e. The van der Waals surface area contributed by atoms with E-state index in [1.807, 2.05) is 0 Å². The molecule has 0 aliphatic carbocycles. The average molecular weight is 363 g/mol. The van der Waals surface area contributed by atoms with Gasteiger partial charge in [-0.3, -0.25) is 9.59 Å². The highest BCUT2D eigenvalue weighted by Gasteiger charge is 2.33. The van der Waals surface area contributed by atoms with Crippen LogP contribution < -0.4 is 11.1 Å². The van der Waals surface area contributed by atoms with Crippen molar-refractivity contribution < 1.29 is 14.0 Å². The fraction of sp³-hybridized carbons (Fsp3) is 0.474. The molecule has 0 bridgehead atoms. The first-order chi connectivity index (χ1) is 11.4. The summed E-state index contributed by atoms with van der Waals surface area (Å²) in [5.74, 6) is 1.72. The van der Waals surface area contributed by atoms with E-state index in [2.05, 4.69) is 50.6 Å². The number of nitrogens with one attached hydrogen (secondary N) is 1. The van der Waals surface area contributed by atoms with Gasteiger partial charge in [-0.2, -0.15) is 0 Å². The molecule has 0 aliphatic heterocycles. The van der Waals surface area contributed by atoms with Crippen LogP contribution >= 0.6 is 0 Å². The lowest BCUT2D eigenvalue weighted by molar-refractivity contribution is -0.126. The number of primary amides is 1. The van der Waals surface area contributed by atoms with Crippen molar-refractivity contribution in [1.82, 2.24) is 5.32 Å². The number of halogens is 1. The fourth-order valence-corrected chi connectivity index (χ4v) is 2.74. The van der Waals surface area contributed by atoms with E-state index in [0.717, 1.165) is 0 Å². The van der Waals surface area contributed by atoms with Crippen LogP contribution in [0.4, 0.5) is 4.39 Å². The molecule has 0 fully saturated rings. The minimum Gasteiger partial charge on any atom is -0.368 e. The molecule has 0 saturated carbocycles. The summed E-state index contributed by atoms with van der Waals surface area (Å²) in [5.41, 5.74) is 9.34. The summed E-state index contributed by atoms with van der Waals surface area (Å²) in [4.78, 5) is 23.7. The van der Waals surface area contributed by atoms with Gasteiger partial charge in [0.25, 0.3) is 0 Å².